The molecule has 0 fully saturated rings. The maximum Gasteiger partial charge on any atom is 0.249 e. The summed E-state index contributed by atoms with van der Waals surface area (Å²) in [7, 11) is 0. The lowest BCUT2D eigenvalue weighted by Gasteiger charge is -2.21. The zero-order valence-electron chi connectivity index (χ0n) is 25.9. The number of aliphatic hydroxyl groups excluding tert-OH is 3. The fourth-order valence-corrected chi connectivity index (χ4v) is 4.57. The number of hydrogen-bond acceptors (Lipinski definition) is 4. The van der Waals surface area contributed by atoms with Gasteiger partial charge in [0.25, 0.3) is 0 Å². The molecule has 1 amide bonds. The van der Waals surface area contributed by atoms with Gasteiger partial charge in [-0.05, 0) is 64.7 Å². The Hall–Kier alpha value is -1.69. The van der Waals surface area contributed by atoms with Gasteiger partial charge in [0.1, 0.15) is 6.10 Å². The van der Waals surface area contributed by atoms with Gasteiger partial charge in [-0.15, -0.1) is 0 Å². The first-order chi connectivity index (χ1) is 19.6. The summed E-state index contributed by atoms with van der Waals surface area (Å²) in [5.74, 6) is -0.532. The molecular weight excluding hydrogens is 498 g/mol. The highest BCUT2D eigenvalue weighted by atomic mass is 16.3. The van der Waals surface area contributed by atoms with E-state index in [0.29, 0.717) is 6.42 Å². The summed E-state index contributed by atoms with van der Waals surface area (Å²) in [6.45, 7) is 3.89. The van der Waals surface area contributed by atoms with Crippen LogP contribution in [-0.2, 0) is 4.79 Å². The molecule has 5 heteroatoms. The Morgan fingerprint density at radius 2 is 1.12 bits per heavy atom. The Morgan fingerprint density at radius 1 is 0.650 bits per heavy atom. The second-order valence-electron chi connectivity index (χ2n) is 11.0. The van der Waals surface area contributed by atoms with Crippen LogP contribution in [0.4, 0.5) is 0 Å². The summed E-state index contributed by atoms with van der Waals surface area (Å²) < 4.78 is 0. The van der Waals surface area contributed by atoms with E-state index in [1.165, 1.54) is 64.2 Å². The van der Waals surface area contributed by atoms with Crippen LogP contribution >= 0.6 is 0 Å². The largest absolute Gasteiger partial charge is 0.394 e. The maximum atomic E-state index is 12.3. The van der Waals surface area contributed by atoms with Crippen LogP contribution in [0.25, 0.3) is 0 Å². The zero-order valence-corrected chi connectivity index (χ0v) is 25.9. The molecule has 4 N–H and O–H groups in total. The predicted octanol–water partition coefficient (Wildman–Crippen LogP) is 8.25. The minimum Gasteiger partial charge on any atom is -0.394 e. The van der Waals surface area contributed by atoms with E-state index in [1.54, 1.807) is 6.08 Å². The quantitative estimate of drug-likeness (QED) is 0.0572. The third-order valence-corrected chi connectivity index (χ3v) is 7.21. The first-order valence-electron chi connectivity index (χ1n) is 16.4. The molecule has 0 aliphatic carbocycles. The summed E-state index contributed by atoms with van der Waals surface area (Å²) in [5.41, 5.74) is 0. The van der Waals surface area contributed by atoms with Crippen molar-refractivity contribution in [1.29, 1.82) is 0 Å². The summed E-state index contributed by atoms with van der Waals surface area (Å²) in [4.78, 5) is 12.3. The lowest BCUT2D eigenvalue weighted by Crippen LogP contribution is -2.48. The van der Waals surface area contributed by atoms with Gasteiger partial charge in [0.15, 0.2) is 0 Å². The number of carbonyl (C=O) groups excluding carboxylic acids is 1. The van der Waals surface area contributed by atoms with Crippen LogP contribution in [0.15, 0.2) is 48.6 Å². The molecule has 0 radical (unpaired) electrons. The molecule has 0 saturated carbocycles. The molecule has 0 aliphatic rings. The minimum absolute atomic E-state index is 0.387. The molecule has 0 aromatic rings. The van der Waals surface area contributed by atoms with Gasteiger partial charge >= 0.3 is 0 Å². The fourth-order valence-electron chi connectivity index (χ4n) is 4.57. The molecule has 0 bridgehead atoms. The zero-order chi connectivity index (χ0) is 29.5. The van der Waals surface area contributed by atoms with Gasteiger partial charge in [-0.2, -0.15) is 0 Å². The summed E-state index contributed by atoms with van der Waals surface area (Å²) in [6.07, 6.45) is 37.1. The number of carbonyl (C=O) groups is 1. The molecular formula is C35H63NO4. The van der Waals surface area contributed by atoms with E-state index in [-0.39, 0.29) is 6.61 Å². The highest BCUT2D eigenvalue weighted by Crippen LogP contribution is 2.12. The van der Waals surface area contributed by atoms with Gasteiger partial charge in [-0.25, -0.2) is 0 Å². The van der Waals surface area contributed by atoms with Crippen molar-refractivity contribution in [3.8, 4) is 0 Å². The third-order valence-electron chi connectivity index (χ3n) is 7.21. The van der Waals surface area contributed by atoms with Gasteiger partial charge in [-0.3, -0.25) is 4.79 Å². The van der Waals surface area contributed by atoms with Crippen LogP contribution in [0.3, 0.4) is 0 Å². The van der Waals surface area contributed by atoms with Crippen LogP contribution in [0.5, 0.6) is 0 Å². The first kappa shape index (κ1) is 38.3. The van der Waals surface area contributed by atoms with E-state index in [0.717, 1.165) is 57.8 Å². The Morgan fingerprint density at radius 3 is 1.68 bits per heavy atom. The van der Waals surface area contributed by atoms with Crippen molar-refractivity contribution >= 4 is 5.91 Å². The number of allylic oxidation sites excluding steroid dienone is 7. The average Bonchev–Trinajstić information content (AvgIpc) is 2.96. The van der Waals surface area contributed by atoms with Gasteiger partial charge < -0.3 is 20.6 Å². The van der Waals surface area contributed by atoms with Crippen molar-refractivity contribution in [2.75, 3.05) is 6.61 Å². The number of rotatable bonds is 28. The van der Waals surface area contributed by atoms with Crippen molar-refractivity contribution in [2.45, 2.75) is 161 Å². The maximum absolute atomic E-state index is 12.3. The van der Waals surface area contributed by atoms with Crippen molar-refractivity contribution in [1.82, 2.24) is 5.32 Å². The van der Waals surface area contributed by atoms with E-state index in [4.69, 9.17) is 0 Å². The third kappa shape index (κ3) is 25.3. The van der Waals surface area contributed by atoms with E-state index in [2.05, 4.69) is 42.6 Å². The topological polar surface area (TPSA) is 89.8 Å². The number of aliphatic hydroxyl groups is 3. The molecule has 0 heterocycles. The molecule has 0 aliphatic heterocycles. The van der Waals surface area contributed by atoms with Gasteiger partial charge in [0, 0.05) is 0 Å². The van der Waals surface area contributed by atoms with Crippen molar-refractivity contribution in [2.24, 2.45) is 0 Å². The normalized spacial score (nSPS) is 14.6. The lowest BCUT2D eigenvalue weighted by atomic mass is 10.1. The molecule has 3 unspecified atom stereocenters. The summed E-state index contributed by atoms with van der Waals surface area (Å²) in [6, 6.07) is -0.822. The molecule has 0 saturated heterocycles. The van der Waals surface area contributed by atoms with Gasteiger partial charge in [0.05, 0.1) is 18.8 Å². The molecule has 3 atom stereocenters. The highest BCUT2D eigenvalue weighted by Gasteiger charge is 2.22. The Bertz CT molecular complexity index is 670. The second kappa shape index (κ2) is 30.3. The van der Waals surface area contributed by atoms with E-state index >= 15 is 0 Å². The molecule has 0 aromatic heterocycles. The fraction of sp³-hybridized carbons (Fsp3) is 0.743. The Balaban J connectivity index is 3.81. The van der Waals surface area contributed by atoms with E-state index < -0.39 is 24.2 Å². The predicted molar refractivity (Wildman–Crippen MR) is 171 cm³/mol. The molecule has 0 spiro atoms. The number of unbranched alkanes of at least 4 members (excludes halogenated alkanes) is 15. The summed E-state index contributed by atoms with van der Waals surface area (Å²) >= 11 is 0. The molecule has 0 rings (SSSR count). The Kier molecular flexibility index (Phi) is 29.0. The van der Waals surface area contributed by atoms with Crippen molar-refractivity contribution in [3.63, 3.8) is 0 Å². The lowest BCUT2D eigenvalue weighted by molar-refractivity contribution is -0.131. The monoisotopic (exact) mass is 561 g/mol. The van der Waals surface area contributed by atoms with E-state index in [9.17, 15) is 20.1 Å². The highest BCUT2D eigenvalue weighted by molar-refractivity contribution is 5.80. The standard InChI is InChI=1S/C35H63NO4/c1-3-5-7-9-11-13-14-15-16-17-18-19-20-22-24-26-28-30-34(39)35(40)36-32(31-37)33(38)29-27-25-23-21-12-10-8-6-4-2/h4,6,12,18-19,21,27,29,32-34,37-39H,3,5,7-11,13-17,20,22-26,28,30-31H2,1-2H3,(H,36,40)/b6-4+,19-18-,21-12+,29-27+. The number of amides is 1. The van der Waals surface area contributed by atoms with Crippen LogP contribution in [0.1, 0.15) is 142 Å². The van der Waals surface area contributed by atoms with E-state index in [1.807, 2.05) is 19.1 Å². The first-order valence-corrected chi connectivity index (χ1v) is 16.4. The van der Waals surface area contributed by atoms with Crippen LogP contribution < -0.4 is 5.32 Å². The number of nitrogens with one attached hydrogen (secondary N) is 1. The van der Waals surface area contributed by atoms with Crippen molar-refractivity contribution in [3.05, 3.63) is 48.6 Å². The number of hydrogen-bond donors (Lipinski definition) is 4. The average molecular weight is 562 g/mol. The Labute approximate surface area is 246 Å². The summed E-state index contributed by atoms with van der Waals surface area (Å²) in [5, 5.41) is 32.7. The molecule has 0 aromatic carbocycles. The van der Waals surface area contributed by atoms with Gasteiger partial charge in [-0.1, -0.05) is 126 Å². The molecule has 232 valence electrons. The molecule has 5 nitrogen and oxygen atoms in total. The minimum atomic E-state index is -1.12. The second-order valence-corrected chi connectivity index (χ2v) is 11.0. The van der Waals surface area contributed by atoms with Crippen LogP contribution in [-0.4, -0.2) is 46.1 Å². The van der Waals surface area contributed by atoms with Crippen LogP contribution in [0, 0.1) is 0 Å². The molecule has 40 heavy (non-hydrogen) atoms. The van der Waals surface area contributed by atoms with Gasteiger partial charge in [0.2, 0.25) is 5.91 Å². The SMILES string of the molecule is C/C=C/CC/C=C/CC/C=C/C(O)C(CO)NC(=O)C(O)CCCCCC/C=C\CCCCCCCCCCC. The van der Waals surface area contributed by atoms with Crippen molar-refractivity contribution < 1.29 is 20.1 Å². The van der Waals surface area contributed by atoms with Crippen LogP contribution in [0.2, 0.25) is 0 Å². The smallest absolute Gasteiger partial charge is 0.249 e.